The first-order chi connectivity index (χ1) is 10.7. The van der Waals surface area contributed by atoms with Crippen molar-refractivity contribution >= 4 is 5.91 Å². The number of aliphatic hydroxyl groups is 1. The lowest BCUT2D eigenvalue weighted by molar-refractivity contribution is -0.0667. The van der Waals surface area contributed by atoms with Gasteiger partial charge >= 0.3 is 0 Å². The Bertz CT molecular complexity index is 642. The SMILES string of the molecule is CC1COC(CO)CN1C(=O)c1cccc(-n2ccnc2)c1. The van der Waals surface area contributed by atoms with Gasteiger partial charge in [0.1, 0.15) is 0 Å². The highest BCUT2D eigenvalue weighted by atomic mass is 16.5. The molecule has 1 fully saturated rings. The van der Waals surface area contributed by atoms with E-state index in [9.17, 15) is 9.90 Å². The first kappa shape index (κ1) is 14.7. The summed E-state index contributed by atoms with van der Waals surface area (Å²) < 4.78 is 7.34. The number of imidazole rings is 1. The molecule has 22 heavy (non-hydrogen) atoms. The van der Waals surface area contributed by atoms with Crippen molar-refractivity contribution in [2.45, 2.75) is 19.1 Å². The van der Waals surface area contributed by atoms with Gasteiger partial charge in [-0.05, 0) is 25.1 Å². The monoisotopic (exact) mass is 301 g/mol. The Morgan fingerprint density at radius 3 is 3.09 bits per heavy atom. The van der Waals surface area contributed by atoms with Crippen molar-refractivity contribution in [1.82, 2.24) is 14.5 Å². The van der Waals surface area contributed by atoms with Crippen LogP contribution in [0.15, 0.2) is 43.0 Å². The molecule has 1 aromatic heterocycles. The molecule has 1 aromatic carbocycles. The van der Waals surface area contributed by atoms with Gasteiger partial charge in [0.25, 0.3) is 5.91 Å². The summed E-state index contributed by atoms with van der Waals surface area (Å²) in [5.74, 6) is -0.0452. The molecule has 1 amide bonds. The van der Waals surface area contributed by atoms with Crippen LogP contribution < -0.4 is 0 Å². The van der Waals surface area contributed by atoms with Gasteiger partial charge in [0.2, 0.25) is 0 Å². The molecule has 1 aliphatic heterocycles. The van der Waals surface area contributed by atoms with Crippen molar-refractivity contribution in [3.05, 3.63) is 48.5 Å². The average molecular weight is 301 g/mol. The number of rotatable bonds is 3. The van der Waals surface area contributed by atoms with Crippen LogP contribution in [0.1, 0.15) is 17.3 Å². The topological polar surface area (TPSA) is 67.6 Å². The lowest BCUT2D eigenvalue weighted by atomic mass is 10.1. The molecule has 2 atom stereocenters. The van der Waals surface area contributed by atoms with Crippen LogP contribution in [0.4, 0.5) is 0 Å². The van der Waals surface area contributed by atoms with Gasteiger partial charge in [-0.3, -0.25) is 4.79 Å². The fourth-order valence-corrected chi connectivity index (χ4v) is 2.59. The molecule has 0 saturated carbocycles. The number of nitrogens with zero attached hydrogens (tertiary/aromatic N) is 3. The van der Waals surface area contributed by atoms with Gasteiger partial charge in [0.05, 0.1) is 31.7 Å². The van der Waals surface area contributed by atoms with E-state index in [2.05, 4.69) is 4.98 Å². The summed E-state index contributed by atoms with van der Waals surface area (Å²) >= 11 is 0. The Balaban J connectivity index is 1.84. The Hall–Kier alpha value is -2.18. The quantitative estimate of drug-likeness (QED) is 0.921. The minimum atomic E-state index is -0.308. The second kappa shape index (κ2) is 6.29. The van der Waals surface area contributed by atoms with Gasteiger partial charge in [0.15, 0.2) is 0 Å². The molecule has 1 N–H and O–H groups in total. The van der Waals surface area contributed by atoms with Crippen molar-refractivity contribution in [2.75, 3.05) is 19.8 Å². The number of morpholine rings is 1. The lowest BCUT2D eigenvalue weighted by Gasteiger charge is -2.37. The number of carbonyl (C=O) groups is 1. The molecule has 0 bridgehead atoms. The molecular formula is C16H19N3O3. The lowest BCUT2D eigenvalue weighted by Crippen LogP contribution is -2.52. The number of carbonyl (C=O) groups excluding carboxylic acids is 1. The van der Waals surface area contributed by atoms with Crippen molar-refractivity contribution in [2.24, 2.45) is 0 Å². The van der Waals surface area contributed by atoms with E-state index in [0.717, 1.165) is 5.69 Å². The van der Waals surface area contributed by atoms with Crippen molar-refractivity contribution in [3.63, 3.8) is 0 Å². The van der Waals surface area contributed by atoms with Gasteiger partial charge in [-0.15, -0.1) is 0 Å². The highest BCUT2D eigenvalue weighted by molar-refractivity contribution is 5.95. The maximum absolute atomic E-state index is 12.8. The molecule has 1 aliphatic rings. The molecular weight excluding hydrogens is 282 g/mol. The molecule has 116 valence electrons. The number of amides is 1. The van der Waals surface area contributed by atoms with E-state index < -0.39 is 0 Å². The third-order valence-electron chi connectivity index (χ3n) is 3.87. The largest absolute Gasteiger partial charge is 0.394 e. The van der Waals surface area contributed by atoms with E-state index >= 15 is 0 Å². The molecule has 0 radical (unpaired) electrons. The third-order valence-corrected chi connectivity index (χ3v) is 3.87. The molecule has 0 aliphatic carbocycles. The van der Waals surface area contributed by atoms with E-state index in [0.29, 0.717) is 18.7 Å². The van der Waals surface area contributed by atoms with E-state index in [4.69, 9.17) is 4.74 Å². The van der Waals surface area contributed by atoms with E-state index in [1.807, 2.05) is 35.9 Å². The summed E-state index contributed by atoms with van der Waals surface area (Å²) in [6.07, 6.45) is 4.92. The van der Waals surface area contributed by atoms with E-state index in [1.165, 1.54) is 0 Å². The fraction of sp³-hybridized carbons (Fsp3) is 0.375. The van der Waals surface area contributed by atoms with Crippen molar-refractivity contribution in [3.8, 4) is 5.69 Å². The maximum Gasteiger partial charge on any atom is 0.254 e. The number of hydrogen-bond acceptors (Lipinski definition) is 4. The van der Waals surface area contributed by atoms with Gasteiger partial charge in [-0.1, -0.05) is 6.07 Å². The zero-order chi connectivity index (χ0) is 15.5. The Kier molecular flexibility index (Phi) is 4.22. The number of ether oxygens (including phenoxy) is 1. The van der Waals surface area contributed by atoms with Crippen molar-refractivity contribution in [1.29, 1.82) is 0 Å². The molecule has 2 aromatic rings. The molecule has 0 spiro atoms. The Morgan fingerprint density at radius 2 is 2.36 bits per heavy atom. The zero-order valence-electron chi connectivity index (χ0n) is 12.4. The second-order valence-corrected chi connectivity index (χ2v) is 5.46. The van der Waals surface area contributed by atoms with Crippen LogP contribution >= 0.6 is 0 Å². The standard InChI is InChI=1S/C16H19N3O3/c1-12-10-22-15(9-20)8-19(12)16(21)13-3-2-4-14(7-13)18-6-5-17-11-18/h2-7,11-12,15,20H,8-10H2,1H3. The van der Waals surface area contributed by atoms with Crippen LogP contribution in [0.25, 0.3) is 5.69 Å². The summed E-state index contributed by atoms with van der Waals surface area (Å²) in [7, 11) is 0. The van der Waals surface area contributed by atoms with E-state index in [-0.39, 0.29) is 24.7 Å². The number of aliphatic hydroxyl groups excluding tert-OH is 1. The number of hydrogen-bond donors (Lipinski definition) is 1. The first-order valence-corrected chi connectivity index (χ1v) is 7.31. The van der Waals surface area contributed by atoms with Gasteiger partial charge < -0.3 is 19.3 Å². The van der Waals surface area contributed by atoms with Crippen LogP contribution in [0.3, 0.4) is 0 Å². The normalized spacial score (nSPS) is 21.8. The second-order valence-electron chi connectivity index (χ2n) is 5.46. The van der Waals surface area contributed by atoms with Crippen molar-refractivity contribution < 1.29 is 14.6 Å². The predicted molar refractivity (Wildman–Crippen MR) is 80.9 cm³/mol. The molecule has 6 nitrogen and oxygen atoms in total. The molecule has 1 saturated heterocycles. The van der Waals surface area contributed by atoms with Gasteiger partial charge in [-0.2, -0.15) is 0 Å². The average Bonchev–Trinajstić information content (AvgIpc) is 3.09. The fourth-order valence-electron chi connectivity index (χ4n) is 2.59. The number of aromatic nitrogens is 2. The maximum atomic E-state index is 12.8. The minimum Gasteiger partial charge on any atom is -0.394 e. The van der Waals surface area contributed by atoms with E-state index in [1.54, 1.807) is 23.5 Å². The Labute approximate surface area is 129 Å². The summed E-state index contributed by atoms with van der Waals surface area (Å²) in [6.45, 7) is 2.72. The summed E-state index contributed by atoms with van der Waals surface area (Å²) in [5, 5.41) is 9.24. The minimum absolute atomic E-state index is 0.00722. The van der Waals surface area contributed by atoms with Crippen LogP contribution in [0.5, 0.6) is 0 Å². The van der Waals surface area contributed by atoms with Crippen LogP contribution in [0.2, 0.25) is 0 Å². The molecule has 2 unspecified atom stereocenters. The molecule has 3 rings (SSSR count). The third kappa shape index (κ3) is 2.88. The highest BCUT2D eigenvalue weighted by Crippen LogP contribution is 2.17. The predicted octanol–water partition coefficient (Wildman–Crippen LogP) is 1.09. The van der Waals surface area contributed by atoms with Crippen LogP contribution in [0, 0.1) is 0 Å². The summed E-state index contributed by atoms with van der Waals surface area (Å²) in [5.41, 5.74) is 1.51. The first-order valence-electron chi connectivity index (χ1n) is 7.31. The molecule has 2 heterocycles. The van der Waals surface area contributed by atoms with Crippen LogP contribution in [-0.2, 0) is 4.74 Å². The smallest absolute Gasteiger partial charge is 0.254 e. The summed E-state index contributed by atoms with van der Waals surface area (Å²) in [4.78, 5) is 18.5. The highest BCUT2D eigenvalue weighted by Gasteiger charge is 2.29. The van der Waals surface area contributed by atoms with Crippen LogP contribution in [-0.4, -0.2) is 57.4 Å². The van der Waals surface area contributed by atoms with Gasteiger partial charge in [-0.25, -0.2) is 4.98 Å². The van der Waals surface area contributed by atoms with Gasteiger partial charge in [0, 0.05) is 30.2 Å². The summed E-state index contributed by atoms with van der Waals surface area (Å²) in [6, 6.07) is 7.43. The molecule has 6 heteroatoms. The number of benzene rings is 1. The zero-order valence-corrected chi connectivity index (χ0v) is 12.4. The Morgan fingerprint density at radius 1 is 1.50 bits per heavy atom.